The highest BCUT2D eigenvalue weighted by Gasteiger charge is 2.22. The molecule has 0 amide bonds. The number of nitrogens with zero attached hydrogens (tertiary/aromatic N) is 3. The van der Waals surface area contributed by atoms with E-state index in [1.165, 1.54) is 19.3 Å². The van der Waals surface area contributed by atoms with Gasteiger partial charge in [-0.2, -0.15) is 0 Å². The highest BCUT2D eigenvalue weighted by Crippen LogP contribution is 2.32. The van der Waals surface area contributed by atoms with Crippen LogP contribution in [0.25, 0.3) is 0 Å². The van der Waals surface area contributed by atoms with Gasteiger partial charge in [0.2, 0.25) is 0 Å². The summed E-state index contributed by atoms with van der Waals surface area (Å²) in [6.07, 6.45) is 5.57. The van der Waals surface area contributed by atoms with E-state index in [1.807, 2.05) is 0 Å². The van der Waals surface area contributed by atoms with Gasteiger partial charge >= 0.3 is 0 Å². The number of halogens is 1. The van der Waals surface area contributed by atoms with Gasteiger partial charge in [-0.1, -0.05) is 6.42 Å². The van der Waals surface area contributed by atoms with Crippen molar-refractivity contribution in [1.82, 2.24) is 9.97 Å². The summed E-state index contributed by atoms with van der Waals surface area (Å²) in [5.41, 5.74) is 2.57. The smallest absolute Gasteiger partial charge is 0.159 e. The summed E-state index contributed by atoms with van der Waals surface area (Å²) in [6, 6.07) is 0. The molecule has 1 heterocycles. The molecule has 0 spiro atoms. The molecule has 1 saturated carbocycles. The second kappa shape index (κ2) is 5.64. The zero-order valence-electron chi connectivity index (χ0n) is 9.99. The fourth-order valence-corrected chi connectivity index (χ4v) is 2.60. The highest BCUT2D eigenvalue weighted by molar-refractivity contribution is 9.10. The minimum absolute atomic E-state index is 0.627. The number of aromatic nitrogens is 2. The van der Waals surface area contributed by atoms with Crippen LogP contribution in [0, 0.1) is 5.92 Å². The summed E-state index contributed by atoms with van der Waals surface area (Å²) in [5, 5.41) is 0. The zero-order chi connectivity index (χ0) is 12.3. The molecule has 2 rings (SSSR count). The molecule has 94 valence electrons. The van der Waals surface area contributed by atoms with Crippen molar-refractivity contribution in [3.63, 3.8) is 0 Å². The summed E-state index contributed by atoms with van der Waals surface area (Å²) >= 11 is 3.50. The summed E-state index contributed by atoms with van der Waals surface area (Å²) < 4.78 is 0.837. The predicted octanol–water partition coefficient (Wildman–Crippen LogP) is 2.15. The van der Waals surface area contributed by atoms with E-state index >= 15 is 0 Å². The van der Waals surface area contributed by atoms with E-state index in [-0.39, 0.29) is 0 Å². The van der Waals surface area contributed by atoms with Crippen LogP contribution in [0.15, 0.2) is 10.8 Å². The van der Waals surface area contributed by atoms with Gasteiger partial charge in [-0.25, -0.2) is 15.8 Å². The number of hydrazine groups is 1. The Morgan fingerprint density at radius 2 is 2.29 bits per heavy atom. The molecule has 1 aliphatic carbocycles. The van der Waals surface area contributed by atoms with Crippen molar-refractivity contribution in [2.24, 2.45) is 11.8 Å². The molecule has 0 aromatic carbocycles. The van der Waals surface area contributed by atoms with E-state index in [2.05, 4.69) is 43.1 Å². The Balaban J connectivity index is 2.17. The predicted molar refractivity (Wildman–Crippen MR) is 72.8 cm³/mol. The van der Waals surface area contributed by atoms with Crippen LogP contribution in [-0.2, 0) is 0 Å². The van der Waals surface area contributed by atoms with Crippen LogP contribution >= 0.6 is 15.9 Å². The molecule has 0 saturated heterocycles. The van der Waals surface area contributed by atoms with Crippen LogP contribution in [0.4, 0.5) is 11.6 Å². The van der Waals surface area contributed by atoms with Crippen molar-refractivity contribution in [2.45, 2.75) is 26.2 Å². The quantitative estimate of drug-likeness (QED) is 0.644. The number of hydrogen-bond donors (Lipinski definition) is 2. The van der Waals surface area contributed by atoms with Crippen molar-refractivity contribution in [3.8, 4) is 0 Å². The molecule has 1 aliphatic rings. The van der Waals surface area contributed by atoms with E-state index in [0.717, 1.165) is 29.3 Å². The monoisotopic (exact) mass is 299 g/mol. The van der Waals surface area contributed by atoms with Crippen LogP contribution in [0.2, 0.25) is 0 Å². The van der Waals surface area contributed by atoms with Crippen LogP contribution in [-0.4, -0.2) is 23.1 Å². The van der Waals surface area contributed by atoms with E-state index in [9.17, 15) is 0 Å². The molecule has 3 N–H and O–H groups in total. The third-order valence-corrected chi connectivity index (χ3v) is 4.02. The number of rotatable bonds is 5. The molecule has 6 heteroatoms. The Kier molecular flexibility index (Phi) is 4.17. The van der Waals surface area contributed by atoms with E-state index in [1.54, 1.807) is 6.33 Å². The third kappa shape index (κ3) is 2.69. The number of nitrogens with one attached hydrogen (secondary N) is 1. The van der Waals surface area contributed by atoms with Gasteiger partial charge in [-0.3, -0.25) is 0 Å². The Morgan fingerprint density at radius 1 is 1.53 bits per heavy atom. The molecule has 0 radical (unpaired) electrons. The van der Waals surface area contributed by atoms with Crippen molar-refractivity contribution < 1.29 is 0 Å². The number of nitrogen functional groups attached to an aromatic ring is 1. The summed E-state index contributed by atoms with van der Waals surface area (Å²) in [5.74, 6) is 7.77. The fourth-order valence-electron chi connectivity index (χ4n) is 2.03. The average Bonchev–Trinajstić information content (AvgIpc) is 2.29. The largest absolute Gasteiger partial charge is 0.356 e. The lowest BCUT2D eigenvalue weighted by Crippen LogP contribution is -2.33. The zero-order valence-corrected chi connectivity index (χ0v) is 11.6. The number of nitrogens with two attached hydrogens (primary N) is 1. The number of hydrogen-bond acceptors (Lipinski definition) is 5. The van der Waals surface area contributed by atoms with Crippen molar-refractivity contribution in [3.05, 3.63) is 10.8 Å². The molecule has 0 atom stereocenters. The lowest BCUT2D eigenvalue weighted by atomic mass is 9.85. The van der Waals surface area contributed by atoms with Gasteiger partial charge in [-0.05, 0) is 41.6 Å². The van der Waals surface area contributed by atoms with Gasteiger partial charge in [0.15, 0.2) is 5.82 Å². The SMILES string of the molecule is CCN(CC1CCC1)c1ncnc(NN)c1Br. The molecule has 1 fully saturated rings. The Hall–Kier alpha value is -0.880. The maximum absolute atomic E-state index is 5.41. The molecule has 0 bridgehead atoms. The van der Waals surface area contributed by atoms with Gasteiger partial charge in [0, 0.05) is 13.1 Å². The van der Waals surface area contributed by atoms with Gasteiger partial charge in [-0.15, -0.1) is 0 Å². The van der Waals surface area contributed by atoms with Crippen LogP contribution in [0.1, 0.15) is 26.2 Å². The van der Waals surface area contributed by atoms with Gasteiger partial charge < -0.3 is 10.3 Å². The summed E-state index contributed by atoms with van der Waals surface area (Å²) in [4.78, 5) is 10.7. The molecule has 0 aliphatic heterocycles. The first-order valence-electron chi connectivity index (χ1n) is 5.98. The lowest BCUT2D eigenvalue weighted by molar-refractivity contribution is 0.318. The van der Waals surface area contributed by atoms with Crippen molar-refractivity contribution in [2.75, 3.05) is 23.4 Å². The molecular formula is C11H18BrN5. The molecule has 0 unspecified atom stereocenters. The Bertz CT molecular complexity index is 380. The number of anilines is 2. The lowest BCUT2D eigenvalue weighted by Gasteiger charge is -2.32. The first-order chi connectivity index (χ1) is 8.26. The summed E-state index contributed by atoms with van der Waals surface area (Å²) in [7, 11) is 0. The molecule has 1 aromatic rings. The van der Waals surface area contributed by atoms with Gasteiger partial charge in [0.25, 0.3) is 0 Å². The standard InChI is InChI=1S/C11H18BrN5/c1-2-17(6-8-4-3-5-8)11-9(12)10(16-13)14-7-15-11/h7-8H,2-6,13H2,1H3,(H,14,15,16). The van der Waals surface area contributed by atoms with Crippen LogP contribution in [0.5, 0.6) is 0 Å². The maximum Gasteiger partial charge on any atom is 0.159 e. The first-order valence-corrected chi connectivity index (χ1v) is 6.77. The van der Waals surface area contributed by atoms with Crippen LogP contribution in [0.3, 0.4) is 0 Å². The fraction of sp³-hybridized carbons (Fsp3) is 0.636. The topological polar surface area (TPSA) is 67.1 Å². The van der Waals surface area contributed by atoms with Crippen molar-refractivity contribution >= 4 is 27.6 Å². The second-order valence-corrected chi connectivity index (χ2v) is 5.13. The first kappa shape index (κ1) is 12.6. The Labute approximate surface area is 110 Å². The van der Waals surface area contributed by atoms with E-state index in [0.29, 0.717) is 5.82 Å². The van der Waals surface area contributed by atoms with Crippen molar-refractivity contribution in [1.29, 1.82) is 0 Å². The molecule has 5 nitrogen and oxygen atoms in total. The van der Waals surface area contributed by atoms with E-state index < -0.39 is 0 Å². The molecular weight excluding hydrogens is 282 g/mol. The second-order valence-electron chi connectivity index (χ2n) is 4.34. The van der Waals surface area contributed by atoms with Gasteiger partial charge in [0.05, 0.1) is 0 Å². The maximum atomic E-state index is 5.41. The molecule has 17 heavy (non-hydrogen) atoms. The minimum atomic E-state index is 0.627. The van der Waals surface area contributed by atoms with Crippen LogP contribution < -0.4 is 16.2 Å². The minimum Gasteiger partial charge on any atom is -0.356 e. The molecule has 1 aromatic heterocycles. The Morgan fingerprint density at radius 3 is 2.82 bits per heavy atom. The van der Waals surface area contributed by atoms with Gasteiger partial charge in [0.1, 0.15) is 16.6 Å². The van der Waals surface area contributed by atoms with E-state index in [4.69, 9.17) is 5.84 Å². The third-order valence-electron chi connectivity index (χ3n) is 3.29. The summed E-state index contributed by atoms with van der Waals surface area (Å²) in [6.45, 7) is 4.15. The average molecular weight is 300 g/mol. The normalized spacial score (nSPS) is 15.5. The highest BCUT2D eigenvalue weighted by atomic mass is 79.9.